The minimum Gasteiger partial charge on any atom is -0.481 e. The molecule has 0 aliphatic carbocycles. The molecule has 0 fully saturated rings. The second-order valence-corrected chi connectivity index (χ2v) is 9.69. The maximum absolute atomic E-state index is 9.00. The number of halogens is 1. The number of rotatable bonds is 11. The first-order valence-electron chi connectivity index (χ1n) is 13.4. The molecule has 0 spiro atoms. The zero-order valence-electron chi connectivity index (χ0n) is 24.0. The zero-order valence-corrected chi connectivity index (χ0v) is 24.8. The smallest absolute Gasteiger partial charge is 0.300 e. The Hall–Kier alpha value is -3.20. The lowest BCUT2D eigenvalue weighted by molar-refractivity contribution is -0.134. The second-order valence-electron chi connectivity index (χ2n) is 9.25. The fraction of sp³-hybridized carbons (Fsp3) is 0.531. The summed E-state index contributed by atoms with van der Waals surface area (Å²) < 4.78 is 0. The molecule has 1 aromatic rings. The summed E-state index contributed by atoms with van der Waals surface area (Å²) in [5.74, 6) is 16.8. The van der Waals surface area contributed by atoms with Crippen LogP contribution in [0.3, 0.4) is 0 Å². The van der Waals surface area contributed by atoms with Crippen molar-refractivity contribution in [3.8, 4) is 35.5 Å². The maximum Gasteiger partial charge on any atom is 0.300 e. The molecule has 2 N–H and O–H groups in total. The Labute approximate surface area is 236 Å². The molecule has 6 heteroatoms. The van der Waals surface area contributed by atoms with Gasteiger partial charge in [-0.1, -0.05) is 81.0 Å². The summed E-state index contributed by atoms with van der Waals surface area (Å²) in [5, 5.41) is 11.7. The van der Waals surface area contributed by atoms with E-state index in [2.05, 4.69) is 73.7 Å². The summed E-state index contributed by atoms with van der Waals surface area (Å²) in [6.45, 7) is 11.0. The Kier molecular flexibility index (Phi) is 20.0. The third kappa shape index (κ3) is 20.9. The second kappa shape index (κ2) is 21.8. The van der Waals surface area contributed by atoms with Crippen molar-refractivity contribution in [1.82, 2.24) is 5.32 Å². The van der Waals surface area contributed by atoms with Gasteiger partial charge < -0.3 is 10.4 Å². The van der Waals surface area contributed by atoms with Gasteiger partial charge in [-0.15, -0.1) is 0 Å². The quantitative estimate of drug-likeness (QED) is 0.224. The first-order valence-corrected chi connectivity index (χ1v) is 13.7. The Morgan fingerprint density at radius 1 is 0.842 bits per heavy atom. The molecule has 1 heterocycles. The van der Waals surface area contributed by atoms with E-state index in [1.165, 1.54) is 50.5 Å². The number of amidine groups is 2. The molecule has 206 valence electrons. The average Bonchev–Trinajstić information content (AvgIpc) is 2.85. The Bertz CT molecular complexity index is 1040. The summed E-state index contributed by atoms with van der Waals surface area (Å²) in [6.07, 6.45) is 12.2. The van der Waals surface area contributed by atoms with Crippen molar-refractivity contribution >= 4 is 29.2 Å². The molecule has 0 saturated heterocycles. The lowest BCUT2D eigenvalue weighted by atomic mass is 10.1. The summed E-state index contributed by atoms with van der Waals surface area (Å²) in [7, 11) is 0. The monoisotopic (exact) mass is 537 g/mol. The number of carboxylic acids is 1. The minimum absolute atomic E-state index is 0.350. The summed E-state index contributed by atoms with van der Waals surface area (Å²) >= 11 is 5.96. The molecule has 0 bridgehead atoms. The van der Waals surface area contributed by atoms with Crippen molar-refractivity contribution in [2.24, 2.45) is 9.98 Å². The van der Waals surface area contributed by atoms with Gasteiger partial charge in [-0.2, -0.15) is 0 Å². The lowest BCUT2D eigenvalue weighted by Gasteiger charge is -2.26. The molecule has 0 amide bonds. The van der Waals surface area contributed by atoms with Gasteiger partial charge in [0.1, 0.15) is 17.3 Å². The van der Waals surface area contributed by atoms with E-state index >= 15 is 0 Å². The standard InChI is InChI=1S/C22H34ClN3.C8H6.C2H4O2/c1-4-5-6-7-8-9-10-11-20-24-21(26-22(2,3)25-20)17-14-18-12-15-19(23)16-13-18;1-3-5-7-8-6-4-2;1-2(3)4/h12-13,15-16H,4-11,14,17H2,1-3H3,(H,24,25,26);1-2H3;1H3,(H,3,4). The largest absolute Gasteiger partial charge is 0.481 e. The van der Waals surface area contributed by atoms with Gasteiger partial charge in [-0.25, -0.2) is 9.98 Å². The van der Waals surface area contributed by atoms with Gasteiger partial charge in [0.25, 0.3) is 5.97 Å². The highest BCUT2D eigenvalue weighted by molar-refractivity contribution is 6.30. The van der Waals surface area contributed by atoms with Gasteiger partial charge in [0, 0.05) is 24.8 Å². The van der Waals surface area contributed by atoms with Crippen LogP contribution in [0, 0.1) is 35.5 Å². The number of aliphatic imine (C=N–C) groups is 2. The van der Waals surface area contributed by atoms with Crippen LogP contribution < -0.4 is 5.32 Å². The molecule has 1 aliphatic heterocycles. The number of hydrogen-bond donors (Lipinski definition) is 2. The normalized spacial score (nSPS) is 12.4. The molecule has 0 unspecified atom stereocenters. The van der Waals surface area contributed by atoms with E-state index in [0.29, 0.717) is 0 Å². The lowest BCUT2D eigenvalue weighted by Crippen LogP contribution is -2.39. The van der Waals surface area contributed by atoms with Crippen LogP contribution in [0.5, 0.6) is 0 Å². The maximum atomic E-state index is 9.00. The fourth-order valence-corrected chi connectivity index (χ4v) is 3.62. The van der Waals surface area contributed by atoms with Crippen LogP contribution in [0.15, 0.2) is 34.3 Å². The molecule has 5 nitrogen and oxygen atoms in total. The summed E-state index contributed by atoms with van der Waals surface area (Å²) in [4.78, 5) is 18.5. The van der Waals surface area contributed by atoms with Crippen LogP contribution >= 0.6 is 11.6 Å². The third-order valence-corrected chi connectivity index (χ3v) is 5.38. The predicted molar refractivity (Wildman–Crippen MR) is 162 cm³/mol. The first kappa shape index (κ1) is 34.8. The van der Waals surface area contributed by atoms with E-state index in [9.17, 15) is 0 Å². The predicted octanol–water partition coefficient (Wildman–Crippen LogP) is 7.68. The van der Waals surface area contributed by atoms with E-state index in [1.807, 2.05) is 12.1 Å². The highest BCUT2D eigenvalue weighted by Gasteiger charge is 2.22. The van der Waals surface area contributed by atoms with E-state index < -0.39 is 5.97 Å². The van der Waals surface area contributed by atoms with Gasteiger partial charge >= 0.3 is 0 Å². The number of carboxylic acid groups (broad SMARTS) is 1. The minimum atomic E-state index is -0.833. The highest BCUT2D eigenvalue weighted by Crippen LogP contribution is 2.19. The van der Waals surface area contributed by atoms with Crippen molar-refractivity contribution in [3.63, 3.8) is 0 Å². The molecular formula is C32H44ClN3O2. The average molecular weight is 538 g/mol. The number of aliphatic carboxylic acids is 1. The van der Waals surface area contributed by atoms with Gasteiger partial charge in [0.2, 0.25) is 0 Å². The number of aryl methyl sites for hydroxylation is 1. The van der Waals surface area contributed by atoms with Crippen molar-refractivity contribution in [2.45, 2.75) is 111 Å². The molecule has 0 atom stereocenters. The van der Waals surface area contributed by atoms with Crippen LogP contribution in [-0.2, 0) is 11.2 Å². The SMILES string of the molecule is CC#CC#CC#CC.CC(=O)O.CCCCCCCCCC1=NC(C)(C)N=C(CCc2ccc(Cl)cc2)N1. The number of nitrogens with zero attached hydrogens (tertiary/aromatic N) is 2. The molecule has 0 radical (unpaired) electrons. The van der Waals surface area contributed by atoms with Gasteiger partial charge in [-0.05, 0) is 81.9 Å². The molecule has 0 aromatic heterocycles. The van der Waals surface area contributed by atoms with Crippen molar-refractivity contribution < 1.29 is 9.90 Å². The van der Waals surface area contributed by atoms with Crippen LogP contribution in [0.1, 0.15) is 105 Å². The van der Waals surface area contributed by atoms with Crippen LogP contribution in [-0.4, -0.2) is 28.4 Å². The number of unbranched alkanes of at least 4 members (excludes halogenated alkanes) is 6. The Morgan fingerprint density at radius 2 is 1.32 bits per heavy atom. The van der Waals surface area contributed by atoms with Crippen molar-refractivity contribution in [1.29, 1.82) is 0 Å². The molecule has 2 rings (SSSR count). The van der Waals surface area contributed by atoms with E-state index in [0.717, 1.165) is 42.9 Å². The topological polar surface area (TPSA) is 74.0 Å². The Balaban J connectivity index is 0.000000951. The van der Waals surface area contributed by atoms with E-state index in [-0.39, 0.29) is 5.66 Å². The molecule has 0 saturated carbocycles. The highest BCUT2D eigenvalue weighted by atomic mass is 35.5. The number of nitrogens with one attached hydrogen (secondary N) is 1. The first-order chi connectivity index (χ1) is 18.1. The van der Waals surface area contributed by atoms with Crippen molar-refractivity contribution in [3.05, 3.63) is 34.9 Å². The molecule has 38 heavy (non-hydrogen) atoms. The Morgan fingerprint density at radius 3 is 1.82 bits per heavy atom. The van der Waals surface area contributed by atoms with Gasteiger partial charge in [0.05, 0.1) is 0 Å². The molecule has 1 aliphatic rings. The molecule has 1 aromatic carbocycles. The van der Waals surface area contributed by atoms with Gasteiger partial charge in [-0.3, -0.25) is 4.79 Å². The van der Waals surface area contributed by atoms with E-state index in [1.54, 1.807) is 13.8 Å². The number of benzene rings is 1. The fourth-order valence-electron chi connectivity index (χ4n) is 3.50. The zero-order chi connectivity index (χ0) is 28.7. The number of hydrogen-bond acceptors (Lipinski definition) is 4. The van der Waals surface area contributed by atoms with Crippen LogP contribution in [0.4, 0.5) is 0 Å². The van der Waals surface area contributed by atoms with E-state index in [4.69, 9.17) is 31.5 Å². The van der Waals surface area contributed by atoms with Crippen molar-refractivity contribution in [2.75, 3.05) is 0 Å². The third-order valence-electron chi connectivity index (χ3n) is 5.12. The van der Waals surface area contributed by atoms with Crippen LogP contribution in [0.25, 0.3) is 0 Å². The van der Waals surface area contributed by atoms with Crippen LogP contribution in [0.2, 0.25) is 5.02 Å². The summed E-state index contributed by atoms with van der Waals surface area (Å²) in [6, 6.07) is 8.07. The summed E-state index contributed by atoms with van der Waals surface area (Å²) in [5.41, 5.74) is 0.935. The number of carbonyl (C=O) groups is 1. The van der Waals surface area contributed by atoms with Gasteiger partial charge in [0.15, 0.2) is 0 Å². The molecular weight excluding hydrogens is 494 g/mol.